The molecule has 1 heterocycles. The monoisotopic (exact) mass is 631 g/mol. The van der Waals surface area contributed by atoms with Crippen LogP contribution in [0, 0.1) is 0 Å². The number of amides is 1. The van der Waals surface area contributed by atoms with E-state index < -0.39 is 49.5 Å². The van der Waals surface area contributed by atoms with E-state index in [0.717, 1.165) is 50.0 Å². The van der Waals surface area contributed by atoms with Crippen LogP contribution < -0.4 is 10.1 Å². The van der Waals surface area contributed by atoms with Gasteiger partial charge in [0.2, 0.25) is 5.91 Å². The van der Waals surface area contributed by atoms with Crippen LogP contribution in [0.3, 0.4) is 0 Å². The van der Waals surface area contributed by atoms with Gasteiger partial charge in [-0.25, -0.2) is 0 Å². The van der Waals surface area contributed by atoms with Gasteiger partial charge in [-0.05, 0) is 62.4 Å². The Labute approximate surface area is 267 Å². The predicted octanol–water partition coefficient (Wildman–Crippen LogP) is 3.99. The van der Waals surface area contributed by atoms with E-state index in [2.05, 4.69) is 17.4 Å². The zero-order valence-corrected chi connectivity index (χ0v) is 26.5. The molecule has 3 rings (SSSR count). The molecular formula is C35H53NO9. The van der Waals surface area contributed by atoms with Gasteiger partial charge in [0.15, 0.2) is 6.29 Å². The van der Waals surface area contributed by atoms with Crippen LogP contribution in [0.15, 0.2) is 54.6 Å². The number of hydrogen-bond acceptors (Lipinski definition) is 9. The maximum absolute atomic E-state index is 12.6. The van der Waals surface area contributed by atoms with Gasteiger partial charge in [0.05, 0.1) is 31.5 Å². The lowest BCUT2D eigenvalue weighted by molar-refractivity contribution is -0.202. The quantitative estimate of drug-likeness (QED) is 0.119. The first-order valence-corrected chi connectivity index (χ1v) is 16.5. The van der Waals surface area contributed by atoms with Crippen LogP contribution >= 0.6 is 0 Å². The summed E-state index contributed by atoms with van der Waals surface area (Å²) in [5, 5.41) is 52.6. The highest BCUT2D eigenvalue weighted by atomic mass is 16.7. The number of ether oxygens (including phenoxy) is 3. The summed E-state index contributed by atoms with van der Waals surface area (Å²) in [4.78, 5) is 12.6. The van der Waals surface area contributed by atoms with Gasteiger partial charge < -0.3 is 45.1 Å². The van der Waals surface area contributed by atoms with Crippen LogP contribution in [0.2, 0.25) is 0 Å². The first-order chi connectivity index (χ1) is 21.8. The summed E-state index contributed by atoms with van der Waals surface area (Å²) in [5.41, 5.74) is 1.32. The summed E-state index contributed by atoms with van der Waals surface area (Å²) in [6.45, 7) is 0.803. The molecular weight excluding hydrogens is 578 g/mol. The van der Waals surface area contributed by atoms with Crippen LogP contribution in [-0.2, 0) is 20.7 Å². The largest absolute Gasteiger partial charge is 0.457 e. The fraction of sp³-hybridized carbons (Fsp3) is 0.629. The SMILES string of the molecule is CC(O)C(O)C(COC1CCC(O)C(O)C(CO)O1)NC(=O)CCCCCCCCCCc1ccc(Oc2ccccc2)cc1. The molecule has 1 aliphatic heterocycles. The zero-order chi connectivity index (χ0) is 32.4. The van der Waals surface area contributed by atoms with E-state index in [0.29, 0.717) is 6.42 Å². The van der Waals surface area contributed by atoms with Gasteiger partial charge in [-0.2, -0.15) is 0 Å². The van der Waals surface area contributed by atoms with Crippen LogP contribution in [0.5, 0.6) is 11.5 Å². The summed E-state index contributed by atoms with van der Waals surface area (Å²) >= 11 is 0. The molecule has 10 nitrogen and oxygen atoms in total. The van der Waals surface area contributed by atoms with Crippen molar-refractivity contribution in [2.75, 3.05) is 13.2 Å². The Balaban J connectivity index is 1.24. The summed E-state index contributed by atoms with van der Waals surface area (Å²) < 4.78 is 17.2. The number of carbonyl (C=O) groups excluding carboxylic acids is 1. The first kappa shape index (κ1) is 36.9. The lowest BCUT2D eigenvalue weighted by Crippen LogP contribution is -2.51. The highest BCUT2D eigenvalue weighted by Gasteiger charge is 2.34. The lowest BCUT2D eigenvalue weighted by atomic mass is 10.0. The van der Waals surface area contributed by atoms with Gasteiger partial charge in [0, 0.05) is 12.8 Å². The predicted molar refractivity (Wildman–Crippen MR) is 171 cm³/mol. The van der Waals surface area contributed by atoms with Gasteiger partial charge in [-0.1, -0.05) is 68.9 Å². The number of aliphatic hydroxyl groups is 5. The number of unbranched alkanes of at least 4 members (excludes halogenated alkanes) is 7. The van der Waals surface area contributed by atoms with Crippen LogP contribution in [-0.4, -0.2) is 87.5 Å². The summed E-state index contributed by atoms with van der Waals surface area (Å²) in [5.74, 6) is 1.45. The van der Waals surface area contributed by atoms with Gasteiger partial charge in [-0.15, -0.1) is 0 Å². The third-order valence-electron chi connectivity index (χ3n) is 8.22. The van der Waals surface area contributed by atoms with E-state index in [1.165, 1.54) is 31.7 Å². The second-order valence-electron chi connectivity index (χ2n) is 12.0. The Bertz CT molecular complexity index is 1070. The molecule has 1 amide bonds. The van der Waals surface area contributed by atoms with Crippen molar-refractivity contribution in [1.29, 1.82) is 0 Å². The van der Waals surface area contributed by atoms with Gasteiger partial charge in [-0.3, -0.25) is 4.79 Å². The molecule has 0 radical (unpaired) electrons. The van der Waals surface area contributed by atoms with Crippen molar-refractivity contribution in [3.8, 4) is 11.5 Å². The third-order valence-corrected chi connectivity index (χ3v) is 8.22. The molecule has 10 heteroatoms. The second kappa shape index (κ2) is 20.5. The van der Waals surface area contributed by atoms with E-state index in [1.54, 1.807) is 0 Å². The highest BCUT2D eigenvalue weighted by molar-refractivity contribution is 5.76. The molecule has 252 valence electrons. The molecule has 45 heavy (non-hydrogen) atoms. The van der Waals surface area contributed by atoms with Crippen LogP contribution in [0.4, 0.5) is 0 Å². The molecule has 6 N–H and O–H groups in total. The average molecular weight is 632 g/mol. The number of benzene rings is 2. The average Bonchev–Trinajstić information content (AvgIpc) is 3.18. The van der Waals surface area contributed by atoms with Crippen molar-refractivity contribution in [3.05, 3.63) is 60.2 Å². The molecule has 0 aromatic heterocycles. The molecule has 0 spiro atoms. The number of hydrogen-bond donors (Lipinski definition) is 6. The Kier molecular flexibility index (Phi) is 16.8. The van der Waals surface area contributed by atoms with E-state index in [1.807, 2.05) is 42.5 Å². The molecule has 0 aliphatic carbocycles. The Hall–Kier alpha value is -2.57. The number of aryl methyl sites for hydroxylation is 1. The summed E-state index contributed by atoms with van der Waals surface area (Å²) in [6, 6.07) is 17.2. The normalized spacial score (nSPS) is 22.3. The van der Waals surface area contributed by atoms with Gasteiger partial charge >= 0.3 is 0 Å². The highest BCUT2D eigenvalue weighted by Crippen LogP contribution is 2.23. The standard InChI is InChI=1S/C35H53NO9/c1-25(38)34(41)29(24-43-33-22-21-30(39)35(42)31(23-37)45-33)36-32(40)16-12-7-5-3-2-4-6-9-13-26-17-19-28(20-18-26)44-27-14-10-8-11-15-27/h8,10-11,14-15,17-20,25,29-31,33-35,37-39,41-42H,2-7,9,12-13,16,21-24H2,1H3,(H,36,40). The summed E-state index contributed by atoms with van der Waals surface area (Å²) in [7, 11) is 0. The number of aliphatic hydroxyl groups excluding tert-OH is 5. The van der Waals surface area contributed by atoms with Crippen molar-refractivity contribution in [3.63, 3.8) is 0 Å². The van der Waals surface area contributed by atoms with E-state index in [4.69, 9.17) is 14.2 Å². The van der Waals surface area contributed by atoms with Crippen molar-refractivity contribution < 1.29 is 44.5 Å². The van der Waals surface area contributed by atoms with Crippen molar-refractivity contribution in [1.82, 2.24) is 5.32 Å². The van der Waals surface area contributed by atoms with Crippen LogP contribution in [0.1, 0.15) is 83.1 Å². The first-order valence-electron chi connectivity index (χ1n) is 16.5. The maximum atomic E-state index is 12.6. The Morgan fingerprint density at radius 3 is 2.16 bits per heavy atom. The van der Waals surface area contributed by atoms with Crippen molar-refractivity contribution in [2.24, 2.45) is 0 Å². The number of rotatable bonds is 20. The third kappa shape index (κ3) is 13.8. The molecule has 1 aliphatic rings. The van der Waals surface area contributed by atoms with E-state index in [9.17, 15) is 30.3 Å². The minimum Gasteiger partial charge on any atom is -0.457 e. The topological polar surface area (TPSA) is 158 Å². The fourth-order valence-corrected chi connectivity index (χ4v) is 5.42. The van der Waals surface area contributed by atoms with Crippen molar-refractivity contribution >= 4 is 5.91 Å². The molecule has 7 unspecified atom stereocenters. The molecule has 2 aromatic carbocycles. The molecule has 1 saturated heterocycles. The van der Waals surface area contributed by atoms with Crippen molar-refractivity contribution in [2.45, 2.75) is 127 Å². The molecule has 7 atom stereocenters. The molecule has 0 saturated carbocycles. The van der Waals surface area contributed by atoms with E-state index >= 15 is 0 Å². The minimum atomic E-state index is -1.25. The second-order valence-corrected chi connectivity index (χ2v) is 12.0. The lowest BCUT2D eigenvalue weighted by Gasteiger charge is -2.29. The zero-order valence-electron chi connectivity index (χ0n) is 26.5. The summed E-state index contributed by atoms with van der Waals surface area (Å²) in [6.07, 6.45) is 3.90. The molecule has 0 bridgehead atoms. The number of para-hydroxylation sites is 1. The molecule has 2 aromatic rings. The minimum absolute atomic E-state index is 0.138. The Morgan fingerprint density at radius 2 is 1.51 bits per heavy atom. The van der Waals surface area contributed by atoms with Gasteiger partial charge in [0.1, 0.15) is 29.8 Å². The fourth-order valence-electron chi connectivity index (χ4n) is 5.42. The molecule has 1 fully saturated rings. The smallest absolute Gasteiger partial charge is 0.220 e. The van der Waals surface area contributed by atoms with Crippen LogP contribution in [0.25, 0.3) is 0 Å². The maximum Gasteiger partial charge on any atom is 0.220 e. The number of nitrogens with one attached hydrogen (secondary N) is 1. The Morgan fingerprint density at radius 1 is 0.889 bits per heavy atom. The van der Waals surface area contributed by atoms with Gasteiger partial charge in [0.25, 0.3) is 0 Å². The number of carbonyl (C=O) groups is 1. The van der Waals surface area contributed by atoms with E-state index in [-0.39, 0.29) is 25.4 Å².